The zero-order valence-electron chi connectivity index (χ0n) is 11.7. The van der Waals surface area contributed by atoms with Gasteiger partial charge in [0.2, 0.25) is 6.08 Å². The van der Waals surface area contributed by atoms with Gasteiger partial charge >= 0.3 is 0 Å². The molecule has 102 valence electrons. The molecular weight excluding hydrogens is 222 g/mol. The Bertz CT molecular complexity index is 266. The van der Waals surface area contributed by atoms with Crippen molar-refractivity contribution in [2.24, 2.45) is 10.9 Å². The summed E-state index contributed by atoms with van der Waals surface area (Å²) in [5.74, 6) is 0.585. The highest BCUT2D eigenvalue weighted by molar-refractivity contribution is 5.33. The Labute approximate surface area is 112 Å². The van der Waals surface area contributed by atoms with Crippen LogP contribution in [0, 0.1) is 5.92 Å². The average molecular weight is 249 g/mol. The molecular formula is C16H27NO. The van der Waals surface area contributed by atoms with Crippen LogP contribution in [-0.2, 0) is 4.79 Å². The first-order valence-corrected chi connectivity index (χ1v) is 7.07. The summed E-state index contributed by atoms with van der Waals surface area (Å²) in [6, 6.07) is 0.149. The number of carbonyl (C=O) groups excluding carboxylic acids is 1. The van der Waals surface area contributed by atoms with Crippen molar-refractivity contribution in [1.82, 2.24) is 0 Å². The molecule has 0 heterocycles. The molecule has 0 aromatic heterocycles. The predicted molar refractivity (Wildman–Crippen MR) is 78.4 cm³/mol. The number of isocyanates is 1. The van der Waals surface area contributed by atoms with Gasteiger partial charge in [-0.25, -0.2) is 9.79 Å². The fraction of sp³-hybridized carbons (Fsp3) is 0.688. The molecule has 2 atom stereocenters. The Morgan fingerprint density at radius 3 is 2.56 bits per heavy atom. The number of allylic oxidation sites excluding steroid dienone is 2. The van der Waals surface area contributed by atoms with E-state index in [1.807, 2.05) is 12.2 Å². The van der Waals surface area contributed by atoms with Crippen molar-refractivity contribution in [3.63, 3.8) is 0 Å². The van der Waals surface area contributed by atoms with E-state index in [4.69, 9.17) is 0 Å². The van der Waals surface area contributed by atoms with Gasteiger partial charge < -0.3 is 0 Å². The summed E-state index contributed by atoms with van der Waals surface area (Å²) < 4.78 is 0. The van der Waals surface area contributed by atoms with Crippen LogP contribution >= 0.6 is 0 Å². The number of nitrogens with zero attached hydrogens (tertiary/aromatic N) is 1. The van der Waals surface area contributed by atoms with Crippen LogP contribution in [0.4, 0.5) is 0 Å². The van der Waals surface area contributed by atoms with Gasteiger partial charge in [-0.15, -0.1) is 13.2 Å². The monoisotopic (exact) mass is 249 g/mol. The molecule has 0 aliphatic rings. The predicted octanol–water partition coefficient (Wildman–Crippen LogP) is 4.82. The first kappa shape index (κ1) is 16.9. The smallest absolute Gasteiger partial charge is 0.211 e. The van der Waals surface area contributed by atoms with Gasteiger partial charge in [0.25, 0.3) is 0 Å². The summed E-state index contributed by atoms with van der Waals surface area (Å²) in [6.07, 6.45) is 14.3. The van der Waals surface area contributed by atoms with Crippen molar-refractivity contribution >= 4 is 6.08 Å². The van der Waals surface area contributed by atoms with Gasteiger partial charge in [-0.1, -0.05) is 31.9 Å². The molecule has 0 amide bonds. The van der Waals surface area contributed by atoms with Gasteiger partial charge in [-0.3, -0.25) is 0 Å². The van der Waals surface area contributed by atoms with Crippen molar-refractivity contribution in [3.8, 4) is 0 Å². The Kier molecular flexibility index (Phi) is 11.5. The van der Waals surface area contributed by atoms with Crippen molar-refractivity contribution < 1.29 is 4.79 Å². The van der Waals surface area contributed by atoms with E-state index in [9.17, 15) is 4.79 Å². The summed E-state index contributed by atoms with van der Waals surface area (Å²) >= 11 is 0. The number of aliphatic imine (C=N–C) groups is 1. The van der Waals surface area contributed by atoms with Gasteiger partial charge in [-0.05, 0) is 44.4 Å². The van der Waals surface area contributed by atoms with E-state index in [0.717, 1.165) is 51.4 Å². The highest BCUT2D eigenvalue weighted by atomic mass is 16.1. The van der Waals surface area contributed by atoms with Crippen LogP contribution in [0.25, 0.3) is 0 Å². The summed E-state index contributed by atoms with van der Waals surface area (Å²) in [5.41, 5.74) is 0. The van der Waals surface area contributed by atoms with E-state index in [-0.39, 0.29) is 6.04 Å². The maximum atomic E-state index is 10.5. The van der Waals surface area contributed by atoms with Crippen LogP contribution < -0.4 is 0 Å². The molecule has 0 fully saturated rings. The molecule has 0 aromatic rings. The summed E-state index contributed by atoms with van der Waals surface area (Å²) in [6.45, 7) is 9.72. The second kappa shape index (κ2) is 12.3. The first-order valence-electron chi connectivity index (χ1n) is 7.07. The molecule has 2 unspecified atom stereocenters. The Balaban J connectivity index is 4.24. The maximum absolute atomic E-state index is 10.5. The first-order chi connectivity index (χ1) is 8.78. The van der Waals surface area contributed by atoms with E-state index in [1.54, 1.807) is 6.08 Å². The van der Waals surface area contributed by atoms with Gasteiger partial charge in [0.15, 0.2) is 0 Å². The van der Waals surface area contributed by atoms with Crippen LogP contribution in [0.1, 0.15) is 58.3 Å². The van der Waals surface area contributed by atoms with Crippen LogP contribution in [-0.4, -0.2) is 12.1 Å². The minimum absolute atomic E-state index is 0.149. The summed E-state index contributed by atoms with van der Waals surface area (Å²) in [7, 11) is 0. The highest BCUT2D eigenvalue weighted by Gasteiger charge is 2.14. The third-order valence-electron chi connectivity index (χ3n) is 3.25. The van der Waals surface area contributed by atoms with Crippen molar-refractivity contribution in [2.75, 3.05) is 0 Å². The molecule has 0 aromatic carbocycles. The van der Waals surface area contributed by atoms with E-state index >= 15 is 0 Å². The zero-order valence-corrected chi connectivity index (χ0v) is 11.7. The molecule has 0 saturated heterocycles. The summed E-state index contributed by atoms with van der Waals surface area (Å²) in [5, 5.41) is 0. The molecule has 0 aliphatic heterocycles. The lowest BCUT2D eigenvalue weighted by atomic mass is 9.90. The Morgan fingerprint density at radius 2 is 2.00 bits per heavy atom. The molecule has 2 nitrogen and oxygen atoms in total. The Hall–Kier alpha value is -1.14. The van der Waals surface area contributed by atoms with Gasteiger partial charge in [-0.2, -0.15) is 0 Å². The van der Waals surface area contributed by atoms with Crippen molar-refractivity contribution in [3.05, 3.63) is 25.3 Å². The second-order valence-corrected chi connectivity index (χ2v) is 4.86. The second-order valence-electron chi connectivity index (χ2n) is 4.86. The number of unbranched alkanes of at least 4 members (excludes halogenated alkanes) is 2. The van der Waals surface area contributed by atoms with Crippen molar-refractivity contribution in [2.45, 2.75) is 64.3 Å². The molecule has 18 heavy (non-hydrogen) atoms. The van der Waals surface area contributed by atoms with Crippen LogP contribution in [0.5, 0.6) is 0 Å². The molecule has 2 heteroatoms. The van der Waals surface area contributed by atoms with E-state index in [2.05, 4.69) is 25.1 Å². The van der Waals surface area contributed by atoms with E-state index in [1.165, 1.54) is 0 Å². The quantitative estimate of drug-likeness (QED) is 0.211. The van der Waals surface area contributed by atoms with E-state index < -0.39 is 0 Å². The highest BCUT2D eigenvalue weighted by Crippen LogP contribution is 2.23. The lowest BCUT2D eigenvalue weighted by Gasteiger charge is -2.18. The molecule has 0 spiro atoms. The standard InChI is InChI=1S/C16H27NO/c1-4-7-9-11-15(10-6-3)13-16(17-14-18)12-8-5-2/h4,6,15-16H,1,3,5,7-13H2,2H3. The topological polar surface area (TPSA) is 29.4 Å². The maximum Gasteiger partial charge on any atom is 0.235 e. The molecule has 0 N–H and O–H groups in total. The van der Waals surface area contributed by atoms with Gasteiger partial charge in [0, 0.05) is 0 Å². The molecule has 0 rings (SSSR count). The largest absolute Gasteiger partial charge is 0.235 e. The molecule has 0 aliphatic carbocycles. The lowest BCUT2D eigenvalue weighted by Crippen LogP contribution is -2.12. The molecule has 0 saturated carbocycles. The van der Waals surface area contributed by atoms with Gasteiger partial charge in [0.1, 0.15) is 0 Å². The third-order valence-corrected chi connectivity index (χ3v) is 3.25. The number of rotatable bonds is 12. The molecule has 0 bridgehead atoms. The number of hydrogen-bond donors (Lipinski definition) is 0. The third kappa shape index (κ3) is 8.95. The minimum Gasteiger partial charge on any atom is -0.211 e. The van der Waals surface area contributed by atoms with Gasteiger partial charge in [0.05, 0.1) is 6.04 Å². The summed E-state index contributed by atoms with van der Waals surface area (Å²) in [4.78, 5) is 14.4. The fourth-order valence-electron chi connectivity index (χ4n) is 2.25. The lowest BCUT2D eigenvalue weighted by molar-refractivity contribution is 0.385. The normalized spacial score (nSPS) is 13.4. The fourth-order valence-corrected chi connectivity index (χ4v) is 2.25. The van der Waals surface area contributed by atoms with Crippen LogP contribution in [0.2, 0.25) is 0 Å². The molecule has 0 radical (unpaired) electrons. The Morgan fingerprint density at radius 1 is 1.22 bits per heavy atom. The van der Waals surface area contributed by atoms with E-state index in [0.29, 0.717) is 5.92 Å². The van der Waals surface area contributed by atoms with Crippen molar-refractivity contribution in [1.29, 1.82) is 0 Å². The SMILES string of the molecule is C=CCCCC(CC=C)CC(CCCC)N=C=O. The van der Waals surface area contributed by atoms with Crippen LogP contribution in [0.15, 0.2) is 30.3 Å². The number of hydrogen-bond acceptors (Lipinski definition) is 2. The minimum atomic E-state index is 0.149. The average Bonchev–Trinajstić information content (AvgIpc) is 2.36. The zero-order chi connectivity index (χ0) is 13.6. The van der Waals surface area contributed by atoms with Crippen LogP contribution in [0.3, 0.4) is 0 Å².